The topological polar surface area (TPSA) is 38.8 Å². The Labute approximate surface area is 115 Å². The summed E-state index contributed by atoms with van der Waals surface area (Å²) in [6.45, 7) is 0.601. The van der Waals surface area contributed by atoms with Crippen LogP contribution in [0.25, 0.3) is 0 Å². The second-order valence-electron chi connectivity index (χ2n) is 4.35. The summed E-state index contributed by atoms with van der Waals surface area (Å²) in [5.74, 6) is -1.12. The van der Waals surface area contributed by atoms with Gasteiger partial charge in [-0.1, -0.05) is 0 Å². The van der Waals surface area contributed by atoms with Crippen molar-refractivity contribution < 1.29 is 27.4 Å². The van der Waals surface area contributed by atoms with Gasteiger partial charge in [-0.3, -0.25) is 0 Å². The molecule has 0 amide bonds. The van der Waals surface area contributed by atoms with Gasteiger partial charge in [0.2, 0.25) is 0 Å². The lowest BCUT2D eigenvalue weighted by Crippen LogP contribution is -2.20. The van der Waals surface area contributed by atoms with E-state index >= 15 is 0 Å². The molecule has 20 heavy (non-hydrogen) atoms. The van der Waals surface area contributed by atoms with Gasteiger partial charge in [0.1, 0.15) is 12.4 Å². The average Bonchev–Trinajstić information content (AvgIpc) is 2.36. The molecule has 1 rings (SSSR count). The first-order chi connectivity index (χ1) is 9.25. The maximum atomic E-state index is 12.9. The van der Waals surface area contributed by atoms with Crippen LogP contribution in [0.3, 0.4) is 0 Å². The zero-order valence-corrected chi connectivity index (χ0v) is 11.5. The molecule has 112 valence electrons. The Hall–Kier alpha value is -1.76. The van der Waals surface area contributed by atoms with Crippen LogP contribution in [-0.4, -0.2) is 45.2 Å². The van der Waals surface area contributed by atoms with Crippen molar-refractivity contribution in [1.82, 2.24) is 4.90 Å². The zero-order chi connectivity index (χ0) is 15.3. The van der Waals surface area contributed by atoms with Gasteiger partial charge in [-0.2, -0.15) is 13.2 Å². The fourth-order valence-electron chi connectivity index (χ4n) is 1.46. The molecule has 0 aliphatic rings. The Balaban J connectivity index is 3.02. The quantitative estimate of drug-likeness (QED) is 0.781. The lowest BCUT2D eigenvalue weighted by atomic mass is 10.1. The third kappa shape index (κ3) is 4.41. The van der Waals surface area contributed by atoms with E-state index in [1.54, 1.807) is 19.0 Å². The predicted octanol–water partition coefficient (Wildman–Crippen LogP) is 2.43. The molecule has 0 radical (unpaired) electrons. The molecule has 0 unspecified atom stereocenters. The van der Waals surface area contributed by atoms with Crippen molar-refractivity contribution in [3.05, 3.63) is 29.3 Å². The number of methoxy groups -OCH3 is 1. The van der Waals surface area contributed by atoms with Crippen molar-refractivity contribution in [3.63, 3.8) is 0 Å². The number of hydrogen-bond acceptors (Lipinski definition) is 4. The lowest BCUT2D eigenvalue weighted by Gasteiger charge is -2.16. The van der Waals surface area contributed by atoms with Crippen molar-refractivity contribution in [2.24, 2.45) is 0 Å². The maximum Gasteiger partial charge on any atom is 0.419 e. The van der Waals surface area contributed by atoms with E-state index in [1.165, 1.54) is 6.07 Å². The fourth-order valence-corrected chi connectivity index (χ4v) is 1.46. The van der Waals surface area contributed by atoms with E-state index in [-0.39, 0.29) is 17.9 Å². The smallest absolute Gasteiger partial charge is 0.419 e. The third-order valence-electron chi connectivity index (χ3n) is 2.50. The molecule has 0 spiro atoms. The molecule has 0 heterocycles. The molecule has 0 saturated heterocycles. The van der Waals surface area contributed by atoms with E-state index in [4.69, 9.17) is 4.74 Å². The first-order valence-electron chi connectivity index (χ1n) is 5.82. The molecule has 0 saturated carbocycles. The summed E-state index contributed by atoms with van der Waals surface area (Å²) in [5, 5.41) is 0. The lowest BCUT2D eigenvalue weighted by molar-refractivity contribution is -0.139. The van der Waals surface area contributed by atoms with Crippen LogP contribution in [0.5, 0.6) is 5.75 Å². The van der Waals surface area contributed by atoms with Crippen molar-refractivity contribution >= 4 is 5.97 Å². The van der Waals surface area contributed by atoms with E-state index in [0.29, 0.717) is 6.54 Å². The summed E-state index contributed by atoms with van der Waals surface area (Å²) in [6, 6.07) is 3.10. The van der Waals surface area contributed by atoms with Crippen molar-refractivity contribution in [3.8, 4) is 5.75 Å². The minimum atomic E-state index is -4.60. The van der Waals surface area contributed by atoms with Gasteiger partial charge in [0.25, 0.3) is 0 Å². The monoisotopic (exact) mass is 291 g/mol. The van der Waals surface area contributed by atoms with Crippen molar-refractivity contribution in [1.29, 1.82) is 0 Å². The minimum Gasteiger partial charge on any atom is -0.492 e. The normalized spacial score (nSPS) is 11.6. The number of nitrogens with zero attached hydrogens (tertiary/aromatic N) is 1. The van der Waals surface area contributed by atoms with Crippen LogP contribution in [0.15, 0.2) is 18.2 Å². The Bertz CT molecular complexity index is 472. The SMILES string of the molecule is COC(=O)c1ccc(OCCN(C)C)c(C(F)(F)F)c1. The molecular weight excluding hydrogens is 275 g/mol. The highest BCUT2D eigenvalue weighted by Gasteiger charge is 2.35. The van der Waals surface area contributed by atoms with Crippen LogP contribution in [0.1, 0.15) is 15.9 Å². The summed E-state index contributed by atoms with van der Waals surface area (Å²) < 4.78 is 48.3. The van der Waals surface area contributed by atoms with Gasteiger partial charge in [-0.05, 0) is 32.3 Å². The Morgan fingerprint density at radius 2 is 1.95 bits per heavy atom. The number of carbonyl (C=O) groups excluding carboxylic acids is 1. The summed E-state index contributed by atoms with van der Waals surface area (Å²) in [6.07, 6.45) is -4.60. The number of esters is 1. The average molecular weight is 291 g/mol. The van der Waals surface area contributed by atoms with E-state index in [9.17, 15) is 18.0 Å². The van der Waals surface area contributed by atoms with Crippen LogP contribution < -0.4 is 4.74 Å². The zero-order valence-electron chi connectivity index (χ0n) is 11.5. The van der Waals surface area contributed by atoms with Crippen molar-refractivity contribution in [2.75, 3.05) is 34.4 Å². The highest BCUT2D eigenvalue weighted by atomic mass is 19.4. The molecule has 0 atom stereocenters. The van der Waals surface area contributed by atoms with Crippen molar-refractivity contribution in [2.45, 2.75) is 6.18 Å². The van der Waals surface area contributed by atoms with Gasteiger partial charge in [0.05, 0.1) is 18.2 Å². The maximum absolute atomic E-state index is 12.9. The first-order valence-corrected chi connectivity index (χ1v) is 5.82. The highest BCUT2D eigenvalue weighted by Crippen LogP contribution is 2.36. The molecule has 7 heteroatoms. The van der Waals surface area contributed by atoms with E-state index in [0.717, 1.165) is 19.2 Å². The van der Waals surface area contributed by atoms with Gasteiger partial charge < -0.3 is 14.4 Å². The minimum absolute atomic E-state index is 0.119. The van der Waals surface area contributed by atoms with Crippen LogP contribution in [0.4, 0.5) is 13.2 Å². The van der Waals surface area contributed by atoms with E-state index < -0.39 is 17.7 Å². The number of rotatable bonds is 5. The standard InChI is InChI=1S/C13H16F3NO3/c1-17(2)6-7-20-11-5-4-9(12(18)19-3)8-10(11)13(14,15)16/h4-5,8H,6-7H2,1-3H3. The Morgan fingerprint density at radius 3 is 2.45 bits per heavy atom. The summed E-state index contributed by atoms with van der Waals surface area (Å²) in [7, 11) is 4.68. The molecule has 0 aromatic heterocycles. The number of hydrogen-bond donors (Lipinski definition) is 0. The number of ether oxygens (including phenoxy) is 2. The van der Waals surface area contributed by atoms with Gasteiger partial charge in [-0.15, -0.1) is 0 Å². The number of benzene rings is 1. The first kappa shape index (κ1) is 16.3. The van der Waals surface area contributed by atoms with Gasteiger partial charge in [0.15, 0.2) is 0 Å². The fraction of sp³-hybridized carbons (Fsp3) is 0.462. The number of halogens is 3. The van der Waals surface area contributed by atoms with Crippen LogP contribution >= 0.6 is 0 Å². The molecule has 0 bridgehead atoms. The largest absolute Gasteiger partial charge is 0.492 e. The number of carbonyl (C=O) groups is 1. The summed E-state index contributed by atoms with van der Waals surface area (Å²) in [5.41, 5.74) is -1.15. The summed E-state index contributed by atoms with van der Waals surface area (Å²) >= 11 is 0. The second-order valence-corrected chi connectivity index (χ2v) is 4.35. The van der Waals surface area contributed by atoms with Gasteiger partial charge >= 0.3 is 12.1 Å². The molecule has 0 aliphatic heterocycles. The van der Waals surface area contributed by atoms with Crippen LogP contribution in [-0.2, 0) is 10.9 Å². The molecule has 1 aromatic carbocycles. The molecular formula is C13H16F3NO3. The predicted molar refractivity (Wildman–Crippen MR) is 66.8 cm³/mol. The Morgan fingerprint density at radius 1 is 1.30 bits per heavy atom. The van der Waals surface area contributed by atoms with E-state index in [1.807, 2.05) is 0 Å². The third-order valence-corrected chi connectivity index (χ3v) is 2.50. The molecule has 0 fully saturated rings. The molecule has 1 aromatic rings. The van der Waals surface area contributed by atoms with E-state index in [2.05, 4.69) is 4.74 Å². The highest BCUT2D eigenvalue weighted by molar-refractivity contribution is 5.89. The van der Waals surface area contributed by atoms with Gasteiger partial charge in [0, 0.05) is 6.54 Å². The van der Waals surface area contributed by atoms with Crippen LogP contribution in [0.2, 0.25) is 0 Å². The summed E-state index contributed by atoms with van der Waals surface area (Å²) in [4.78, 5) is 13.1. The second kappa shape index (κ2) is 6.60. The molecule has 0 N–H and O–H groups in total. The number of alkyl halides is 3. The number of likely N-dealkylation sites (N-methyl/N-ethyl adjacent to an activating group) is 1. The van der Waals surface area contributed by atoms with Crippen LogP contribution in [0, 0.1) is 0 Å². The Kier molecular flexibility index (Phi) is 5.38. The molecule has 0 aliphatic carbocycles. The van der Waals surface area contributed by atoms with Gasteiger partial charge in [-0.25, -0.2) is 4.79 Å². The molecule has 4 nitrogen and oxygen atoms in total.